The van der Waals surface area contributed by atoms with Gasteiger partial charge in [-0.25, -0.2) is 9.97 Å². The monoisotopic (exact) mass is 380 g/mol. The van der Waals surface area contributed by atoms with Gasteiger partial charge in [-0.2, -0.15) is 0 Å². The molecule has 0 N–H and O–H groups in total. The van der Waals surface area contributed by atoms with Crippen LogP contribution in [0.15, 0.2) is 36.7 Å². The summed E-state index contributed by atoms with van der Waals surface area (Å²) in [5, 5.41) is 0. The molecule has 1 atom stereocenters. The van der Waals surface area contributed by atoms with Gasteiger partial charge in [0.2, 0.25) is 0 Å². The Hall–Kier alpha value is -2.51. The molecule has 1 spiro atoms. The second-order valence-corrected chi connectivity index (χ2v) is 7.71. The van der Waals surface area contributed by atoms with E-state index < -0.39 is 5.79 Å². The summed E-state index contributed by atoms with van der Waals surface area (Å²) in [6.45, 7) is 4.67. The number of carbonyl (C=O) groups is 1. The molecule has 0 radical (unpaired) electrons. The van der Waals surface area contributed by atoms with Crippen LogP contribution >= 0.6 is 0 Å². The van der Waals surface area contributed by atoms with Gasteiger partial charge in [0.25, 0.3) is 5.91 Å². The first-order valence-electron chi connectivity index (χ1n) is 9.92. The lowest BCUT2D eigenvalue weighted by Gasteiger charge is -2.37. The van der Waals surface area contributed by atoms with Gasteiger partial charge in [0, 0.05) is 37.7 Å². The third-order valence-electron chi connectivity index (χ3n) is 5.94. The highest BCUT2D eigenvalue weighted by atomic mass is 16.7. The number of ether oxygens (including phenoxy) is 2. The van der Waals surface area contributed by atoms with Crippen LogP contribution in [0.1, 0.15) is 35.8 Å². The van der Waals surface area contributed by atoms with Crippen LogP contribution in [0.3, 0.4) is 0 Å². The minimum Gasteiger partial charge on any atom is -0.347 e. The molecule has 7 heteroatoms. The Labute approximate surface area is 164 Å². The third kappa shape index (κ3) is 2.95. The highest BCUT2D eigenvalue weighted by Gasteiger charge is 2.41. The Morgan fingerprint density at radius 1 is 1.11 bits per heavy atom. The number of carbonyl (C=O) groups excluding carboxylic acids is 1. The van der Waals surface area contributed by atoms with Crippen LogP contribution < -0.4 is 4.90 Å². The molecule has 0 saturated carbocycles. The molecule has 3 aliphatic rings. The molecule has 28 heavy (non-hydrogen) atoms. The van der Waals surface area contributed by atoms with Crippen molar-refractivity contribution in [2.45, 2.75) is 38.0 Å². The van der Waals surface area contributed by atoms with E-state index in [9.17, 15) is 4.79 Å². The first-order valence-corrected chi connectivity index (χ1v) is 9.92. The number of hydrogen-bond donors (Lipinski definition) is 0. The van der Waals surface area contributed by atoms with Gasteiger partial charge in [-0.1, -0.05) is 18.2 Å². The summed E-state index contributed by atoms with van der Waals surface area (Å²) in [5.41, 5.74) is 2.87. The number of anilines is 2. The molecule has 3 aliphatic heterocycles. The number of aromatic nitrogens is 2. The maximum Gasteiger partial charge on any atom is 0.274 e. The van der Waals surface area contributed by atoms with Crippen LogP contribution in [-0.2, 0) is 15.9 Å². The van der Waals surface area contributed by atoms with Crippen LogP contribution in [0.2, 0.25) is 0 Å². The van der Waals surface area contributed by atoms with Gasteiger partial charge in [0.05, 0.1) is 25.6 Å². The van der Waals surface area contributed by atoms with Crippen LogP contribution in [0, 0.1) is 0 Å². The Morgan fingerprint density at radius 2 is 1.86 bits per heavy atom. The number of rotatable bonds is 2. The molecule has 0 aliphatic carbocycles. The predicted octanol–water partition coefficient (Wildman–Crippen LogP) is 2.54. The van der Waals surface area contributed by atoms with E-state index >= 15 is 0 Å². The van der Waals surface area contributed by atoms with E-state index in [-0.39, 0.29) is 5.91 Å². The van der Waals surface area contributed by atoms with E-state index in [0.717, 1.165) is 12.2 Å². The first-order chi connectivity index (χ1) is 13.7. The summed E-state index contributed by atoms with van der Waals surface area (Å²) in [6.07, 6.45) is 5.69. The zero-order valence-corrected chi connectivity index (χ0v) is 16.0. The standard InChI is InChI=1S/C21H24N4O3/c1-15-12-16-4-2-3-5-18(16)25(15)19-14-22-17(13-23-19)20(26)24-8-6-21(7-9-24)27-10-11-28-21/h2-5,13-15H,6-12H2,1H3. The van der Waals surface area contributed by atoms with Crippen LogP contribution in [0.5, 0.6) is 0 Å². The quantitative estimate of drug-likeness (QED) is 0.798. The molecule has 1 aromatic carbocycles. The van der Waals surface area contributed by atoms with Crippen molar-refractivity contribution in [3.05, 3.63) is 47.9 Å². The fraction of sp³-hybridized carbons (Fsp3) is 0.476. The van der Waals surface area contributed by atoms with Crippen molar-refractivity contribution in [3.8, 4) is 0 Å². The number of para-hydroxylation sites is 1. The summed E-state index contributed by atoms with van der Waals surface area (Å²) in [5.74, 6) is 0.215. The fourth-order valence-corrected chi connectivity index (χ4v) is 4.47. The molecule has 5 rings (SSSR count). The van der Waals surface area contributed by atoms with Crippen molar-refractivity contribution in [2.75, 3.05) is 31.2 Å². The number of fused-ring (bicyclic) bond motifs is 1. The van der Waals surface area contributed by atoms with E-state index in [2.05, 4.69) is 40.0 Å². The molecule has 7 nitrogen and oxygen atoms in total. The molecule has 2 saturated heterocycles. The highest BCUT2D eigenvalue weighted by molar-refractivity contribution is 5.92. The molecule has 1 unspecified atom stereocenters. The highest BCUT2D eigenvalue weighted by Crippen LogP contribution is 2.37. The van der Waals surface area contributed by atoms with Gasteiger partial charge >= 0.3 is 0 Å². The minimum absolute atomic E-state index is 0.0817. The predicted molar refractivity (Wildman–Crippen MR) is 104 cm³/mol. The minimum atomic E-state index is -0.481. The molecule has 2 aromatic rings. The number of amides is 1. The molecular weight excluding hydrogens is 356 g/mol. The lowest BCUT2D eigenvalue weighted by molar-refractivity contribution is -0.181. The Balaban J connectivity index is 1.30. The Morgan fingerprint density at radius 3 is 2.57 bits per heavy atom. The van der Waals surface area contributed by atoms with Gasteiger partial charge < -0.3 is 19.3 Å². The van der Waals surface area contributed by atoms with Crippen LogP contribution in [-0.4, -0.2) is 58.9 Å². The lowest BCUT2D eigenvalue weighted by Crippen LogP contribution is -2.47. The van der Waals surface area contributed by atoms with Crippen molar-refractivity contribution in [2.24, 2.45) is 0 Å². The number of nitrogens with zero attached hydrogens (tertiary/aromatic N) is 4. The SMILES string of the molecule is CC1Cc2ccccc2N1c1cnc(C(=O)N2CCC3(CC2)OCCO3)cn1. The van der Waals surface area contributed by atoms with Gasteiger partial charge in [-0.15, -0.1) is 0 Å². The van der Waals surface area contributed by atoms with Gasteiger partial charge in [0.15, 0.2) is 11.6 Å². The number of hydrogen-bond acceptors (Lipinski definition) is 6. The normalized spacial score (nSPS) is 23.2. The maximum atomic E-state index is 12.8. The topological polar surface area (TPSA) is 67.8 Å². The molecular formula is C21H24N4O3. The number of piperidine rings is 1. The second kappa shape index (κ2) is 6.83. The smallest absolute Gasteiger partial charge is 0.274 e. The average molecular weight is 380 g/mol. The number of likely N-dealkylation sites (tertiary alicyclic amines) is 1. The summed E-state index contributed by atoms with van der Waals surface area (Å²) in [6, 6.07) is 8.68. The number of benzene rings is 1. The van der Waals surface area contributed by atoms with Crippen molar-refractivity contribution in [1.82, 2.24) is 14.9 Å². The van der Waals surface area contributed by atoms with Crippen molar-refractivity contribution in [3.63, 3.8) is 0 Å². The third-order valence-corrected chi connectivity index (χ3v) is 5.94. The van der Waals surface area contributed by atoms with E-state index in [4.69, 9.17) is 9.47 Å². The summed E-state index contributed by atoms with van der Waals surface area (Å²) in [4.78, 5) is 25.8. The lowest BCUT2D eigenvalue weighted by atomic mass is 10.0. The zero-order valence-electron chi connectivity index (χ0n) is 16.0. The van der Waals surface area contributed by atoms with Gasteiger partial charge in [-0.05, 0) is 25.0 Å². The first kappa shape index (κ1) is 17.6. The fourth-order valence-electron chi connectivity index (χ4n) is 4.47. The van der Waals surface area contributed by atoms with Gasteiger partial charge in [-0.3, -0.25) is 4.79 Å². The molecule has 0 bridgehead atoms. The molecule has 2 fully saturated rings. The Kier molecular flexibility index (Phi) is 4.29. The van der Waals surface area contributed by atoms with Gasteiger partial charge in [0.1, 0.15) is 5.69 Å². The van der Waals surface area contributed by atoms with Crippen LogP contribution in [0.4, 0.5) is 11.5 Å². The summed E-state index contributed by atoms with van der Waals surface area (Å²) < 4.78 is 11.5. The maximum absolute atomic E-state index is 12.8. The van der Waals surface area contributed by atoms with Crippen molar-refractivity contribution < 1.29 is 14.3 Å². The van der Waals surface area contributed by atoms with E-state index in [1.807, 2.05) is 11.0 Å². The second-order valence-electron chi connectivity index (χ2n) is 7.71. The Bertz CT molecular complexity index is 869. The largest absolute Gasteiger partial charge is 0.347 e. The molecule has 4 heterocycles. The van der Waals surface area contributed by atoms with E-state index in [1.165, 1.54) is 11.3 Å². The van der Waals surface area contributed by atoms with Crippen molar-refractivity contribution >= 4 is 17.4 Å². The van der Waals surface area contributed by atoms with Crippen molar-refractivity contribution in [1.29, 1.82) is 0 Å². The summed E-state index contributed by atoms with van der Waals surface area (Å²) in [7, 11) is 0. The molecule has 1 aromatic heterocycles. The van der Waals surface area contributed by atoms with Crippen LogP contribution in [0.25, 0.3) is 0 Å². The zero-order chi connectivity index (χ0) is 19.1. The van der Waals surface area contributed by atoms with E-state index in [1.54, 1.807) is 12.4 Å². The molecule has 1 amide bonds. The average Bonchev–Trinajstić information content (AvgIpc) is 3.32. The van der Waals surface area contributed by atoms with E-state index in [0.29, 0.717) is 50.9 Å². The summed E-state index contributed by atoms with van der Waals surface area (Å²) >= 11 is 0. The molecule has 146 valence electrons.